The lowest BCUT2D eigenvalue weighted by Crippen LogP contribution is -2.14. The van der Waals surface area contributed by atoms with Gasteiger partial charge in [0, 0.05) is 23.9 Å². The van der Waals surface area contributed by atoms with Crippen molar-refractivity contribution in [3.05, 3.63) is 94.1 Å². The molecule has 0 amide bonds. The Morgan fingerprint density at radius 1 is 0.969 bits per heavy atom. The molecule has 0 spiro atoms. The van der Waals surface area contributed by atoms with Crippen LogP contribution in [0.4, 0.5) is 26.3 Å². The highest BCUT2D eigenvalue weighted by molar-refractivity contribution is 5.79. The molecular formula is C21H11F6N3O2. The molecule has 0 atom stereocenters. The van der Waals surface area contributed by atoms with E-state index in [9.17, 15) is 31.1 Å². The average molecular weight is 451 g/mol. The van der Waals surface area contributed by atoms with E-state index in [-0.39, 0.29) is 16.7 Å². The number of fused-ring (bicyclic) bond motifs is 1. The molecule has 164 valence electrons. The van der Waals surface area contributed by atoms with Gasteiger partial charge >= 0.3 is 6.18 Å². The summed E-state index contributed by atoms with van der Waals surface area (Å²) in [4.78, 5) is 19.1. The number of hydrogen-bond donors (Lipinski definition) is 0. The normalized spacial score (nSPS) is 11.7. The zero-order valence-corrected chi connectivity index (χ0v) is 15.8. The lowest BCUT2D eigenvalue weighted by Gasteiger charge is -2.14. The minimum atomic E-state index is -4.76. The molecule has 2 aromatic carbocycles. The molecule has 0 aliphatic rings. The molecule has 0 saturated heterocycles. The second kappa shape index (κ2) is 7.98. The van der Waals surface area contributed by atoms with Gasteiger partial charge in [-0.25, -0.2) is 18.2 Å². The molecule has 0 N–H and O–H groups in total. The van der Waals surface area contributed by atoms with Gasteiger partial charge in [0.05, 0.1) is 23.8 Å². The fraction of sp³-hybridized carbons (Fsp3) is 0.0952. The third-order valence-corrected chi connectivity index (χ3v) is 4.52. The van der Waals surface area contributed by atoms with Crippen LogP contribution in [-0.2, 0) is 12.7 Å². The van der Waals surface area contributed by atoms with E-state index in [0.717, 1.165) is 24.7 Å². The zero-order chi connectivity index (χ0) is 23.0. The summed E-state index contributed by atoms with van der Waals surface area (Å²) in [5.41, 5.74) is -2.25. The molecular weight excluding hydrogens is 440 g/mol. The van der Waals surface area contributed by atoms with Crippen molar-refractivity contribution < 1.29 is 31.1 Å². The fourth-order valence-electron chi connectivity index (χ4n) is 3.09. The first-order valence-electron chi connectivity index (χ1n) is 8.96. The Morgan fingerprint density at radius 2 is 1.69 bits per heavy atom. The van der Waals surface area contributed by atoms with Crippen molar-refractivity contribution in [2.24, 2.45) is 0 Å². The Labute approximate surface area is 175 Å². The molecule has 0 saturated carbocycles. The highest BCUT2D eigenvalue weighted by Crippen LogP contribution is 2.36. The summed E-state index contributed by atoms with van der Waals surface area (Å²) in [5.74, 6) is -4.00. The molecule has 0 aliphatic carbocycles. The Morgan fingerprint density at radius 3 is 2.38 bits per heavy atom. The summed E-state index contributed by atoms with van der Waals surface area (Å²) >= 11 is 0. The number of hydrogen-bond acceptors (Lipinski definition) is 4. The van der Waals surface area contributed by atoms with Crippen LogP contribution in [0.1, 0.15) is 11.3 Å². The van der Waals surface area contributed by atoms with Gasteiger partial charge in [-0.2, -0.15) is 18.2 Å². The second-order valence-corrected chi connectivity index (χ2v) is 6.65. The number of aromatic nitrogens is 3. The smallest absolute Gasteiger partial charge is 0.437 e. The van der Waals surface area contributed by atoms with Gasteiger partial charge in [0.15, 0.2) is 11.4 Å². The molecule has 0 unspecified atom stereocenters. The molecule has 4 aromatic rings. The van der Waals surface area contributed by atoms with Gasteiger partial charge in [0.2, 0.25) is 0 Å². The van der Waals surface area contributed by atoms with Crippen LogP contribution >= 0.6 is 0 Å². The summed E-state index contributed by atoms with van der Waals surface area (Å²) in [5, 5.41) is -0.0645. The predicted molar refractivity (Wildman–Crippen MR) is 101 cm³/mol. The standard InChI is InChI=1S/C21H11F6N3O2/c22-11-6-15(23)14(16(24)7-11)9-30-10-29-20(31)13-8-12(3-4-17(13)30)32-18-2-1-5-28-19(18)21(25,26)27/h1-8,10H,9H2. The molecule has 0 bridgehead atoms. The maximum Gasteiger partial charge on any atom is 0.437 e. The highest BCUT2D eigenvalue weighted by atomic mass is 19.4. The highest BCUT2D eigenvalue weighted by Gasteiger charge is 2.36. The number of nitrogens with zero attached hydrogens (tertiary/aromatic N) is 3. The average Bonchev–Trinajstić information content (AvgIpc) is 2.72. The molecule has 2 heterocycles. The third kappa shape index (κ3) is 4.13. The number of ether oxygens (including phenoxy) is 1. The molecule has 5 nitrogen and oxygen atoms in total. The van der Waals surface area contributed by atoms with Crippen molar-refractivity contribution in [2.45, 2.75) is 12.7 Å². The van der Waals surface area contributed by atoms with E-state index < -0.39 is 52.7 Å². The number of rotatable bonds is 4. The summed E-state index contributed by atoms with van der Waals surface area (Å²) in [7, 11) is 0. The minimum Gasteiger partial charge on any atom is -0.455 e. The van der Waals surface area contributed by atoms with Crippen LogP contribution in [-0.4, -0.2) is 14.5 Å². The number of pyridine rings is 1. The summed E-state index contributed by atoms with van der Waals surface area (Å²) < 4.78 is 87.1. The monoisotopic (exact) mass is 451 g/mol. The summed E-state index contributed by atoms with van der Waals surface area (Å²) in [6.45, 7) is -0.414. The van der Waals surface area contributed by atoms with Crippen LogP contribution in [0.5, 0.6) is 11.5 Å². The van der Waals surface area contributed by atoms with Crippen molar-refractivity contribution >= 4 is 10.9 Å². The van der Waals surface area contributed by atoms with Gasteiger partial charge in [0.1, 0.15) is 23.2 Å². The van der Waals surface area contributed by atoms with Crippen LogP contribution in [0, 0.1) is 17.5 Å². The molecule has 2 aromatic heterocycles. The molecule has 32 heavy (non-hydrogen) atoms. The van der Waals surface area contributed by atoms with E-state index >= 15 is 0 Å². The Kier molecular flexibility index (Phi) is 5.33. The maximum atomic E-state index is 14.0. The predicted octanol–water partition coefficient (Wildman–Crippen LogP) is 5.07. The van der Waals surface area contributed by atoms with E-state index in [0.29, 0.717) is 12.1 Å². The first-order chi connectivity index (χ1) is 15.1. The van der Waals surface area contributed by atoms with Gasteiger partial charge in [-0.05, 0) is 30.3 Å². The van der Waals surface area contributed by atoms with Crippen molar-refractivity contribution in [1.29, 1.82) is 0 Å². The Balaban J connectivity index is 1.74. The van der Waals surface area contributed by atoms with Gasteiger partial charge < -0.3 is 9.30 Å². The number of alkyl halides is 3. The molecule has 0 fully saturated rings. The van der Waals surface area contributed by atoms with E-state index in [1.165, 1.54) is 22.8 Å². The first-order valence-corrected chi connectivity index (χ1v) is 8.96. The van der Waals surface area contributed by atoms with Gasteiger partial charge in [-0.1, -0.05) is 0 Å². The quantitative estimate of drug-likeness (QED) is 0.407. The number of halogens is 6. The third-order valence-electron chi connectivity index (χ3n) is 4.52. The SMILES string of the molecule is O=c1ncn(Cc2c(F)cc(F)cc2F)c2ccc(Oc3cccnc3C(F)(F)F)cc12. The Bertz CT molecular complexity index is 1360. The largest absolute Gasteiger partial charge is 0.455 e. The maximum absolute atomic E-state index is 14.0. The van der Waals surface area contributed by atoms with Gasteiger partial charge in [0.25, 0.3) is 5.56 Å². The van der Waals surface area contributed by atoms with Crippen molar-refractivity contribution in [2.75, 3.05) is 0 Å². The van der Waals surface area contributed by atoms with Crippen LogP contribution in [0.3, 0.4) is 0 Å². The molecule has 11 heteroatoms. The zero-order valence-electron chi connectivity index (χ0n) is 15.8. The van der Waals surface area contributed by atoms with Crippen LogP contribution in [0.15, 0.2) is 59.8 Å². The lowest BCUT2D eigenvalue weighted by atomic mass is 10.1. The molecule has 4 rings (SSSR count). The first kappa shape index (κ1) is 21.3. The summed E-state index contributed by atoms with van der Waals surface area (Å²) in [6.07, 6.45) is -2.74. The van der Waals surface area contributed by atoms with E-state index in [2.05, 4.69) is 9.97 Å². The van der Waals surface area contributed by atoms with E-state index in [4.69, 9.17) is 4.74 Å². The molecule has 0 radical (unpaired) electrons. The lowest BCUT2D eigenvalue weighted by molar-refractivity contribution is -0.142. The van der Waals surface area contributed by atoms with Crippen molar-refractivity contribution in [3.63, 3.8) is 0 Å². The van der Waals surface area contributed by atoms with Gasteiger partial charge in [-0.3, -0.25) is 4.79 Å². The minimum absolute atomic E-state index is 0.0645. The second-order valence-electron chi connectivity index (χ2n) is 6.65. The van der Waals surface area contributed by atoms with Crippen molar-refractivity contribution in [3.8, 4) is 11.5 Å². The topological polar surface area (TPSA) is 57.0 Å². The Hall–Kier alpha value is -3.89. The fourth-order valence-corrected chi connectivity index (χ4v) is 3.09. The van der Waals surface area contributed by atoms with Gasteiger partial charge in [-0.15, -0.1) is 0 Å². The summed E-state index contributed by atoms with van der Waals surface area (Å²) in [6, 6.07) is 7.14. The molecule has 0 aliphatic heterocycles. The van der Waals surface area contributed by atoms with Crippen molar-refractivity contribution in [1.82, 2.24) is 14.5 Å². The number of benzene rings is 2. The van der Waals surface area contributed by atoms with Crippen LogP contribution in [0.25, 0.3) is 10.9 Å². The van der Waals surface area contributed by atoms with Crippen LogP contribution in [0.2, 0.25) is 0 Å². The van der Waals surface area contributed by atoms with E-state index in [1.807, 2.05) is 0 Å². The van der Waals surface area contributed by atoms with E-state index in [1.54, 1.807) is 0 Å². The van der Waals surface area contributed by atoms with Crippen LogP contribution < -0.4 is 10.3 Å².